The van der Waals surface area contributed by atoms with Crippen LogP contribution in [0, 0.1) is 5.92 Å². The van der Waals surface area contributed by atoms with Crippen LogP contribution in [0.4, 0.5) is 10.5 Å². The van der Waals surface area contributed by atoms with Gasteiger partial charge < -0.3 is 24.8 Å². The van der Waals surface area contributed by atoms with Crippen molar-refractivity contribution in [2.75, 3.05) is 32.1 Å². The third-order valence-corrected chi connectivity index (χ3v) is 4.11. The summed E-state index contributed by atoms with van der Waals surface area (Å²) in [6.07, 6.45) is 1.21. The molecular formula is C16H19ClN2O6. The molecule has 0 spiro atoms. The maximum Gasteiger partial charge on any atom is 0.343 e. The van der Waals surface area contributed by atoms with Gasteiger partial charge in [0.05, 0.1) is 18.1 Å². The number of hydrogen-bond acceptors (Lipinski definition) is 5. The summed E-state index contributed by atoms with van der Waals surface area (Å²) < 4.78 is 9.68. The highest BCUT2D eigenvalue weighted by molar-refractivity contribution is 6.32. The van der Waals surface area contributed by atoms with Crippen LogP contribution in [0.25, 0.3) is 0 Å². The van der Waals surface area contributed by atoms with Crippen molar-refractivity contribution < 1.29 is 29.0 Å². The highest BCUT2D eigenvalue weighted by Gasteiger charge is 2.28. The Morgan fingerprint density at radius 2 is 2.16 bits per heavy atom. The molecule has 0 saturated carbocycles. The van der Waals surface area contributed by atoms with Gasteiger partial charge in [0.2, 0.25) is 0 Å². The van der Waals surface area contributed by atoms with E-state index in [1.807, 2.05) is 0 Å². The van der Waals surface area contributed by atoms with Crippen molar-refractivity contribution in [3.8, 4) is 5.75 Å². The van der Waals surface area contributed by atoms with Crippen molar-refractivity contribution in [1.82, 2.24) is 4.90 Å². The van der Waals surface area contributed by atoms with E-state index in [1.54, 1.807) is 6.07 Å². The number of rotatable bonds is 5. The van der Waals surface area contributed by atoms with Crippen LogP contribution in [-0.4, -0.2) is 54.8 Å². The van der Waals surface area contributed by atoms with Gasteiger partial charge in [-0.1, -0.05) is 11.6 Å². The summed E-state index contributed by atoms with van der Waals surface area (Å²) in [6.45, 7) is 0.408. The number of piperidine rings is 1. The predicted molar refractivity (Wildman–Crippen MR) is 89.9 cm³/mol. The Kier molecular flexibility index (Phi) is 6.46. The summed E-state index contributed by atoms with van der Waals surface area (Å²) >= 11 is 6.07. The molecule has 136 valence electrons. The van der Waals surface area contributed by atoms with E-state index < -0.39 is 17.9 Å². The second kappa shape index (κ2) is 8.57. The van der Waals surface area contributed by atoms with E-state index in [0.29, 0.717) is 25.1 Å². The number of ether oxygens (including phenoxy) is 2. The van der Waals surface area contributed by atoms with Crippen LogP contribution in [0.1, 0.15) is 12.8 Å². The van der Waals surface area contributed by atoms with Crippen LogP contribution in [0.5, 0.6) is 5.75 Å². The Balaban J connectivity index is 1.95. The molecule has 1 saturated heterocycles. The molecule has 2 rings (SSSR count). The van der Waals surface area contributed by atoms with Crippen molar-refractivity contribution in [2.45, 2.75) is 12.8 Å². The lowest BCUT2D eigenvalue weighted by Crippen LogP contribution is -2.44. The van der Waals surface area contributed by atoms with Crippen LogP contribution in [0.3, 0.4) is 0 Å². The number of nitrogens with one attached hydrogen (secondary N) is 1. The number of benzene rings is 1. The summed E-state index contributed by atoms with van der Waals surface area (Å²) in [5, 5.41) is 12.0. The van der Waals surface area contributed by atoms with Crippen molar-refractivity contribution in [3.63, 3.8) is 0 Å². The van der Waals surface area contributed by atoms with Gasteiger partial charge in [0.15, 0.2) is 6.61 Å². The second-order valence-corrected chi connectivity index (χ2v) is 5.97. The molecule has 1 unspecified atom stereocenters. The van der Waals surface area contributed by atoms with Gasteiger partial charge in [0.1, 0.15) is 5.75 Å². The number of likely N-dealkylation sites (tertiary alicyclic amines) is 1. The molecule has 9 heteroatoms. The van der Waals surface area contributed by atoms with Crippen molar-refractivity contribution in [3.05, 3.63) is 23.2 Å². The Morgan fingerprint density at radius 1 is 1.40 bits per heavy atom. The highest BCUT2D eigenvalue weighted by atomic mass is 35.5. The normalized spacial score (nSPS) is 16.9. The summed E-state index contributed by atoms with van der Waals surface area (Å²) in [5.74, 6) is -1.69. The molecule has 1 aromatic rings. The van der Waals surface area contributed by atoms with Gasteiger partial charge in [-0.25, -0.2) is 9.59 Å². The predicted octanol–water partition coefficient (Wildman–Crippen LogP) is 2.22. The number of halogens is 1. The summed E-state index contributed by atoms with van der Waals surface area (Å²) in [5.41, 5.74) is 0.442. The minimum atomic E-state index is -0.896. The maximum atomic E-state index is 12.3. The maximum absolute atomic E-state index is 12.3. The van der Waals surface area contributed by atoms with E-state index in [0.717, 1.165) is 0 Å². The molecule has 0 aromatic heterocycles. The minimum absolute atomic E-state index is 0.176. The van der Waals surface area contributed by atoms with E-state index in [4.69, 9.17) is 21.4 Å². The fraction of sp³-hybridized carbons (Fsp3) is 0.438. The van der Waals surface area contributed by atoms with Crippen LogP contribution < -0.4 is 10.1 Å². The average molecular weight is 371 g/mol. The number of carboxylic acids is 1. The number of aliphatic carboxylic acids is 1. The molecule has 2 amide bonds. The average Bonchev–Trinajstić information content (AvgIpc) is 2.60. The third-order valence-electron chi connectivity index (χ3n) is 3.81. The molecule has 0 aliphatic carbocycles. The lowest BCUT2D eigenvalue weighted by molar-refractivity contribution is -0.143. The van der Waals surface area contributed by atoms with Crippen LogP contribution in [0.15, 0.2) is 18.2 Å². The Hall–Kier alpha value is -2.48. The molecule has 1 fully saturated rings. The number of anilines is 1. The summed E-state index contributed by atoms with van der Waals surface area (Å²) in [7, 11) is 1.25. The number of methoxy groups -OCH3 is 1. The molecule has 1 aromatic carbocycles. The van der Waals surface area contributed by atoms with Gasteiger partial charge >= 0.3 is 18.0 Å². The molecule has 0 bridgehead atoms. The van der Waals surface area contributed by atoms with Crippen molar-refractivity contribution >= 4 is 35.3 Å². The van der Waals surface area contributed by atoms with Crippen LogP contribution in [0.2, 0.25) is 5.02 Å². The Labute approximate surface area is 149 Å². The third kappa shape index (κ3) is 5.25. The number of hydrogen-bond donors (Lipinski definition) is 2. The van der Waals surface area contributed by atoms with Gasteiger partial charge in [-0.05, 0) is 31.0 Å². The zero-order chi connectivity index (χ0) is 18.4. The first-order chi connectivity index (χ1) is 11.9. The number of carboxylic acid groups (broad SMARTS) is 1. The molecule has 2 N–H and O–H groups in total. The number of carbonyl (C=O) groups is 3. The number of amides is 2. The zero-order valence-corrected chi connectivity index (χ0v) is 14.4. The highest BCUT2D eigenvalue weighted by Crippen LogP contribution is 2.28. The zero-order valence-electron chi connectivity index (χ0n) is 13.7. The topological polar surface area (TPSA) is 105 Å². The summed E-state index contributed by atoms with van der Waals surface area (Å²) in [4.78, 5) is 35.9. The van der Waals surface area contributed by atoms with Gasteiger partial charge in [0.25, 0.3) is 0 Å². The monoisotopic (exact) mass is 370 g/mol. The molecule has 1 aliphatic heterocycles. The SMILES string of the molecule is COC(=O)COc1ccc(NC(=O)N2CCCC(C(=O)O)C2)cc1Cl. The Morgan fingerprint density at radius 3 is 2.80 bits per heavy atom. The number of nitrogens with zero attached hydrogens (tertiary/aromatic N) is 1. The minimum Gasteiger partial charge on any atom is -0.481 e. The standard InChI is InChI=1S/C16H19ClN2O6/c1-24-14(20)9-25-13-5-4-11(7-12(13)17)18-16(23)19-6-2-3-10(8-19)15(21)22/h4-5,7,10H,2-3,6,8-9H2,1H3,(H,18,23)(H,21,22). The quantitative estimate of drug-likeness (QED) is 0.770. The van der Waals surface area contributed by atoms with E-state index in [2.05, 4.69) is 10.1 Å². The molecule has 25 heavy (non-hydrogen) atoms. The Bertz CT molecular complexity index is 666. The molecule has 0 radical (unpaired) electrons. The molecule has 1 heterocycles. The van der Waals surface area contributed by atoms with E-state index in [1.165, 1.54) is 24.1 Å². The van der Waals surface area contributed by atoms with Crippen molar-refractivity contribution in [1.29, 1.82) is 0 Å². The fourth-order valence-electron chi connectivity index (χ4n) is 2.46. The van der Waals surface area contributed by atoms with Crippen molar-refractivity contribution in [2.24, 2.45) is 5.92 Å². The van der Waals surface area contributed by atoms with E-state index >= 15 is 0 Å². The first-order valence-electron chi connectivity index (χ1n) is 7.68. The number of esters is 1. The fourth-order valence-corrected chi connectivity index (χ4v) is 2.69. The van der Waals surface area contributed by atoms with Crippen LogP contribution >= 0.6 is 11.6 Å². The smallest absolute Gasteiger partial charge is 0.343 e. The van der Waals surface area contributed by atoms with E-state index in [-0.39, 0.29) is 30.0 Å². The van der Waals surface area contributed by atoms with E-state index in [9.17, 15) is 14.4 Å². The molecule has 1 atom stereocenters. The lowest BCUT2D eigenvalue weighted by atomic mass is 9.99. The first-order valence-corrected chi connectivity index (χ1v) is 8.06. The lowest BCUT2D eigenvalue weighted by Gasteiger charge is -2.30. The molecule has 8 nitrogen and oxygen atoms in total. The van der Waals surface area contributed by atoms with Crippen LogP contribution in [-0.2, 0) is 14.3 Å². The molecular weight excluding hydrogens is 352 g/mol. The van der Waals surface area contributed by atoms with Gasteiger partial charge in [-0.2, -0.15) is 0 Å². The molecule has 1 aliphatic rings. The number of carbonyl (C=O) groups excluding carboxylic acids is 2. The largest absolute Gasteiger partial charge is 0.481 e. The summed E-state index contributed by atoms with van der Waals surface area (Å²) in [6, 6.07) is 4.21. The first kappa shape index (κ1) is 18.9. The second-order valence-electron chi connectivity index (χ2n) is 5.56. The number of urea groups is 1. The van der Waals surface area contributed by atoms with Gasteiger partial charge in [0, 0.05) is 18.8 Å². The van der Waals surface area contributed by atoms with Gasteiger partial charge in [-0.3, -0.25) is 4.79 Å². The van der Waals surface area contributed by atoms with Gasteiger partial charge in [-0.15, -0.1) is 0 Å².